The van der Waals surface area contributed by atoms with Crippen LogP contribution in [0.3, 0.4) is 0 Å². The van der Waals surface area contributed by atoms with E-state index >= 15 is 0 Å². The molecule has 36 heavy (non-hydrogen) atoms. The predicted molar refractivity (Wildman–Crippen MR) is 147 cm³/mol. The number of carbonyl (C=O) groups excluding carboxylic acids is 1. The van der Waals surface area contributed by atoms with Crippen LogP contribution in [0.1, 0.15) is 59.1 Å². The third-order valence-corrected chi connectivity index (χ3v) is 7.52. The number of benzene rings is 2. The summed E-state index contributed by atoms with van der Waals surface area (Å²) >= 11 is 0. The summed E-state index contributed by atoms with van der Waals surface area (Å²) in [6, 6.07) is 22.2. The lowest BCUT2D eigenvalue weighted by Crippen LogP contribution is -2.46. The maximum Gasteiger partial charge on any atom is 0.233 e. The number of amides is 1. The average molecular weight is 486 g/mol. The van der Waals surface area contributed by atoms with E-state index in [1.165, 1.54) is 0 Å². The van der Waals surface area contributed by atoms with Crippen LogP contribution < -0.4 is 15.4 Å². The molecule has 0 bridgehead atoms. The van der Waals surface area contributed by atoms with Gasteiger partial charge in [0.2, 0.25) is 5.91 Å². The molecule has 1 heterocycles. The van der Waals surface area contributed by atoms with Crippen LogP contribution in [0.15, 0.2) is 72.9 Å². The lowest BCUT2D eigenvalue weighted by Gasteiger charge is -2.31. The van der Waals surface area contributed by atoms with E-state index in [1.807, 2.05) is 61.2 Å². The van der Waals surface area contributed by atoms with Gasteiger partial charge in [-0.1, -0.05) is 57.5 Å². The van der Waals surface area contributed by atoms with Crippen molar-refractivity contribution in [3.8, 4) is 16.9 Å². The Balaban J connectivity index is 1.57. The van der Waals surface area contributed by atoms with Crippen LogP contribution in [-0.4, -0.2) is 29.6 Å². The molecule has 1 aliphatic carbocycles. The van der Waals surface area contributed by atoms with Crippen molar-refractivity contribution in [3.05, 3.63) is 78.6 Å². The fraction of sp³-hybridized carbons (Fsp3) is 0.419. The number of ether oxygens (including phenoxy) is 1. The van der Waals surface area contributed by atoms with Crippen LogP contribution in [0.4, 0.5) is 5.69 Å². The largest absolute Gasteiger partial charge is 0.491 e. The smallest absolute Gasteiger partial charge is 0.233 e. The molecular formula is C31H39N3O2. The van der Waals surface area contributed by atoms with Gasteiger partial charge in [-0.2, -0.15) is 0 Å². The van der Waals surface area contributed by atoms with Crippen molar-refractivity contribution < 1.29 is 9.53 Å². The topological polar surface area (TPSA) is 68.5 Å². The summed E-state index contributed by atoms with van der Waals surface area (Å²) in [5.41, 5.74) is 10.2. The van der Waals surface area contributed by atoms with Crippen molar-refractivity contribution in [1.29, 1.82) is 0 Å². The predicted octanol–water partition coefficient (Wildman–Crippen LogP) is 6.44. The molecule has 2 N–H and O–H groups in total. The monoisotopic (exact) mass is 485 g/mol. The molecular weight excluding hydrogens is 446 g/mol. The number of carbonyl (C=O) groups is 1. The highest BCUT2D eigenvalue weighted by atomic mass is 16.5. The van der Waals surface area contributed by atoms with Gasteiger partial charge in [-0.25, -0.2) is 0 Å². The van der Waals surface area contributed by atoms with Gasteiger partial charge in [0, 0.05) is 36.1 Å². The van der Waals surface area contributed by atoms with Gasteiger partial charge in [0.25, 0.3) is 0 Å². The minimum absolute atomic E-state index is 0.0946. The Kier molecular flexibility index (Phi) is 7.79. The van der Waals surface area contributed by atoms with Gasteiger partial charge < -0.3 is 15.4 Å². The fourth-order valence-electron chi connectivity index (χ4n) is 4.75. The molecule has 1 fully saturated rings. The minimum atomic E-state index is -0.464. The molecule has 2 unspecified atom stereocenters. The molecule has 0 spiro atoms. The summed E-state index contributed by atoms with van der Waals surface area (Å²) in [5, 5.41) is 0. The zero-order valence-corrected chi connectivity index (χ0v) is 22.1. The van der Waals surface area contributed by atoms with Crippen LogP contribution in [0, 0.1) is 11.3 Å². The Labute approximate surface area is 215 Å². The summed E-state index contributed by atoms with van der Waals surface area (Å²) < 4.78 is 5.77. The molecule has 4 atom stereocenters. The van der Waals surface area contributed by atoms with E-state index in [2.05, 4.69) is 50.0 Å². The lowest BCUT2D eigenvalue weighted by atomic mass is 9.97. The highest BCUT2D eigenvalue weighted by Crippen LogP contribution is 2.59. The van der Waals surface area contributed by atoms with Gasteiger partial charge >= 0.3 is 0 Å². The zero-order valence-electron chi connectivity index (χ0n) is 22.1. The Morgan fingerprint density at radius 3 is 2.25 bits per heavy atom. The highest BCUT2D eigenvalue weighted by Gasteiger charge is 2.58. The number of hydrogen-bond acceptors (Lipinski definition) is 4. The first-order valence-electron chi connectivity index (χ1n) is 13.1. The first-order valence-corrected chi connectivity index (χ1v) is 13.1. The van der Waals surface area contributed by atoms with Gasteiger partial charge in [0.1, 0.15) is 5.75 Å². The number of nitrogens with two attached hydrogens (primary N) is 1. The number of nitrogens with zero attached hydrogens (tertiary/aromatic N) is 2. The third kappa shape index (κ3) is 5.62. The van der Waals surface area contributed by atoms with E-state index in [9.17, 15) is 4.79 Å². The molecule has 5 nitrogen and oxygen atoms in total. The quantitative estimate of drug-likeness (QED) is 0.359. The Hall–Kier alpha value is -3.18. The summed E-state index contributed by atoms with van der Waals surface area (Å²) in [4.78, 5) is 20.4. The van der Waals surface area contributed by atoms with Gasteiger partial charge in [-0.15, -0.1) is 0 Å². The van der Waals surface area contributed by atoms with E-state index in [0.717, 1.165) is 41.1 Å². The number of hydrogen-bond donors (Lipinski definition) is 1. The molecule has 1 aliphatic rings. The van der Waals surface area contributed by atoms with Crippen LogP contribution >= 0.6 is 0 Å². The van der Waals surface area contributed by atoms with E-state index in [4.69, 9.17) is 10.5 Å². The van der Waals surface area contributed by atoms with E-state index in [-0.39, 0.29) is 24.0 Å². The second-order valence-electron chi connectivity index (χ2n) is 10.6. The van der Waals surface area contributed by atoms with Gasteiger partial charge in [0.15, 0.2) is 0 Å². The molecule has 2 aromatic carbocycles. The third-order valence-electron chi connectivity index (χ3n) is 7.52. The molecule has 1 saturated carbocycles. The zero-order chi connectivity index (χ0) is 25.9. The SMILES string of the molecule is CC[C@H](C)C(N)CN(C(=O)[C@]1(C)CC1c1ccccn1)c1ccc(-c2ccc(OC(C)C)cc2)cc1. The Morgan fingerprint density at radius 1 is 1.06 bits per heavy atom. The summed E-state index contributed by atoms with van der Waals surface area (Å²) in [6.07, 6.45) is 3.73. The van der Waals surface area contributed by atoms with Gasteiger partial charge in [0.05, 0.1) is 11.5 Å². The molecule has 3 aromatic rings. The molecule has 0 aliphatic heterocycles. The number of anilines is 1. The Bertz CT molecular complexity index is 1140. The fourth-order valence-corrected chi connectivity index (χ4v) is 4.75. The van der Waals surface area contributed by atoms with E-state index < -0.39 is 5.41 Å². The van der Waals surface area contributed by atoms with Crippen molar-refractivity contribution in [3.63, 3.8) is 0 Å². The van der Waals surface area contributed by atoms with E-state index in [1.54, 1.807) is 6.20 Å². The van der Waals surface area contributed by atoms with Gasteiger partial charge in [-0.3, -0.25) is 9.78 Å². The first kappa shape index (κ1) is 25.9. The second kappa shape index (κ2) is 10.8. The molecule has 1 aromatic heterocycles. The van der Waals surface area contributed by atoms with E-state index in [0.29, 0.717) is 12.5 Å². The van der Waals surface area contributed by atoms with Crippen molar-refractivity contribution >= 4 is 11.6 Å². The maximum absolute atomic E-state index is 14.0. The van der Waals surface area contributed by atoms with Crippen molar-refractivity contribution in [2.45, 2.75) is 65.5 Å². The molecule has 1 amide bonds. The van der Waals surface area contributed by atoms with Crippen LogP contribution in [0.5, 0.6) is 5.75 Å². The number of pyridine rings is 1. The molecule has 190 valence electrons. The number of aromatic nitrogens is 1. The normalized spacial score (nSPS) is 20.6. The molecule has 0 radical (unpaired) electrons. The van der Waals surface area contributed by atoms with Gasteiger partial charge in [-0.05, 0) is 73.7 Å². The Morgan fingerprint density at radius 2 is 1.69 bits per heavy atom. The number of rotatable bonds is 10. The van der Waals surface area contributed by atoms with Crippen molar-refractivity contribution in [2.75, 3.05) is 11.4 Å². The maximum atomic E-state index is 14.0. The molecule has 4 rings (SSSR count). The van der Waals surface area contributed by atoms with Crippen molar-refractivity contribution in [1.82, 2.24) is 4.98 Å². The summed E-state index contributed by atoms with van der Waals surface area (Å²) in [7, 11) is 0. The first-order chi connectivity index (χ1) is 17.2. The lowest BCUT2D eigenvalue weighted by molar-refractivity contribution is -0.123. The minimum Gasteiger partial charge on any atom is -0.491 e. The molecule has 5 heteroatoms. The average Bonchev–Trinajstić information content (AvgIpc) is 3.59. The standard InChI is InChI=1S/C31H39N3O2/c1-6-22(4)28(32)20-34(30(35)31(5)19-27(31)29-9-7-8-18-33-29)25-14-10-23(11-15-25)24-12-16-26(17-13-24)36-21(2)3/h7-18,21-22,27-28H,6,19-20,32H2,1-5H3/t22-,27?,28?,31+/m0/s1. The second-order valence-corrected chi connectivity index (χ2v) is 10.6. The van der Waals surface area contributed by atoms with Crippen LogP contribution in [-0.2, 0) is 4.79 Å². The summed E-state index contributed by atoms with van der Waals surface area (Å²) in [5.74, 6) is 1.45. The summed E-state index contributed by atoms with van der Waals surface area (Å²) in [6.45, 7) is 10.9. The highest BCUT2D eigenvalue weighted by molar-refractivity contribution is 6.00. The van der Waals surface area contributed by atoms with Crippen LogP contribution in [0.2, 0.25) is 0 Å². The van der Waals surface area contributed by atoms with Crippen LogP contribution in [0.25, 0.3) is 11.1 Å². The molecule has 0 saturated heterocycles. The van der Waals surface area contributed by atoms with Crippen molar-refractivity contribution in [2.24, 2.45) is 17.1 Å².